The van der Waals surface area contributed by atoms with Crippen LogP contribution in [0.1, 0.15) is 5.56 Å². The molecule has 0 aromatic heterocycles. The van der Waals surface area contributed by atoms with Gasteiger partial charge in [-0.3, -0.25) is 5.32 Å². The number of amides is 1. The van der Waals surface area contributed by atoms with Crippen molar-refractivity contribution in [3.8, 4) is 0 Å². The first-order chi connectivity index (χ1) is 6.00. The molecule has 13 heavy (non-hydrogen) atoms. The van der Waals surface area contributed by atoms with Crippen LogP contribution in [-0.2, 0) is 0 Å². The number of aryl methyl sites for hydroxylation is 1. The summed E-state index contributed by atoms with van der Waals surface area (Å²) in [5.41, 5.74) is 7.04. The molecule has 1 amide bonds. The Kier molecular flexibility index (Phi) is 2.63. The van der Waals surface area contributed by atoms with Crippen LogP contribution >= 0.6 is 11.6 Å². The zero-order chi connectivity index (χ0) is 10.0. The van der Waals surface area contributed by atoms with Crippen molar-refractivity contribution in [1.82, 2.24) is 0 Å². The first-order valence-corrected chi connectivity index (χ1v) is 3.94. The minimum Gasteiger partial charge on any atom is -0.465 e. The van der Waals surface area contributed by atoms with E-state index in [2.05, 4.69) is 5.32 Å². The Hall–Kier alpha value is -1.42. The van der Waals surface area contributed by atoms with E-state index >= 15 is 0 Å². The monoisotopic (exact) mass is 200 g/mol. The van der Waals surface area contributed by atoms with Crippen LogP contribution in [0.3, 0.4) is 0 Å². The molecule has 0 saturated carbocycles. The van der Waals surface area contributed by atoms with Gasteiger partial charge >= 0.3 is 6.09 Å². The molecule has 0 bridgehead atoms. The van der Waals surface area contributed by atoms with E-state index in [1.165, 1.54) is 6.07 Å². The Morgan fingerprint density at radius 2 is 2.23 bits per heavy atom. The summed E-state index contributed by atoms with van der Waals surface area (Å²) in [7, 11) is 0. The van der Waals surface area contributed by atoms with Crippen molar-refractivity contribution in [1.29, 1.82) is 0 Å². The highest BCUT2D eigenvalue weighted by Gasteiger charge is 2.05. The fourth-order valence-corrected chi connectivity index (χ4v) is 1.09. The molecule has 0 aliphatic heterocycles. The van der Waals surface area contributed by atoms with Gasteiger partial charge in [0.15, 0.2) is 0 Å². The highest BCUT2D eigenvalue weighted by Crippen LogP contribution is 2.26. The van der Waals surface area contributed by atoms with Gasteiger partial charge in [-0.25, -0.2) is 4.79 Å². The van der Waals surface area contributed by atoms with Gasteiger partial charge in [-0.2, -0.15) is 0 Å². The van der Waals surface area contributed by atoms with Crippen molar-refractivity contribution >= 4 is 29.1 Å². The van der Waals surface area contributed by atoms with Crippen LogP contribution in [0.15, 0.2) is 12.1 Å². The number of rotatable bonds is 1. The molecule has 0 saturated heterocycles. The predicted molar refractivity (Wildman–Crippen MR) is 52.2 cm³/mol. The second-order valence-corrected chi connectivity index (χ2v) is 3.03. The Labute approximate surface area is 80.3 Å². The van der Waals surface area contributed by atoms with Gasteiger partial charge < -0.3 is 10.8 Å². The van der Waals surface area contributed by atoms with E-state index in [4.69, 9.17) is 22.4 Å². The minimum absolute atomic E-state index is 0.308. The quantitative estimate of drug-likeness (QED) is 0.609. The third-order valence-electron chi connectivity index (χ3n) is 1.57. The summed E-state index contributed by atoms with van der Waals surface area (Å²) in [4.78, 5) is 10.3. The maximum Gasteiger partial charge on any atom is 0.409 e. The van der Waals surface area contributed by atoms with Gasteiger partial charge in [-0.05, 0) is 24.6 Å². The third-order valence-corrected chi connectivity index (χ3v) is 1.98. The Balaban J connectivity index is 3.08. The summed E-state index contributed by atoms with van der Waals surface area (Å²) < 4.78 is 0. The molecule has 5 heteroatoms. The predicted octanol–water partition coefficient (Wildman–Crippen LogP) is 2.32. The number of benzene rings is 1. The van der Waals surface area contributed by atoms with Crippen LogP contribution in [0, 0.1) is 6.92 Å². The van der Waals surface area contributed by atoms with Crippen LogP contribution in [0.25, 0.3) is 0 Å². The van der Waals surface area contributed by atoms with Gasteiger partial charge in [0.2, 0.25) is 0 Å². The van der Waals surface area contributed by atoms with Crippen molar-refractivity contribution in [3.63, 3.8) is 0 Å². The highest BCUT2D eigenvalue weighted by molar-refractivity contribution is 6.31. The summed E-state index contributed by atoms with van der Waals surface area (Å²) in [6.07, 6.45) is -1.16. The van der Waals surface area contributed by atoms with Gasteiger partial charge in [0.25, 0.3) is 0 Å². The van der Waals surface area contributed by atoms with E-state index in [0.717, 1.165) is 5.56 Å². The summed E-state index contributed by atoms with van der Waals surface area (Å²) in [5.74, 6) is 0. The average molecular weight is 201 g/mol. The average Bonchev–Trinajstić information content (AvgIpc) is 1.99. The van der Waals surface area contributed by atoms with Gasteiger partial charge in [-0.15, -0.1) is 0 Å². The summed E-state index contributed by atoms with van der Waals surface area (Å²) in [6, 6.07) is 3.11. The fraction of sp³-hybridized carbons (Fsp3) is 0.125. The molecule has 0 fully saturated rings. The zero-order valence-corrected chi connectivity index (χ0v) is 7.72. The number of carboxylic acid groups (broad SMARTS) is 1. The highest BCUT2D eigenvalue weighted by atomic mass is 35.5. The Morgan fingerprint density at radius 3 is 2.77 bits per heavy atom. The molecule has 0 aliphatic carbocycles. The van der Waals surface area contributed by atoms with Crippen molar-refractivity contribution in [2.75, 3.05) is 11.1 Å². The third kappa shape index (κ3) is 2.26. The number of anilines is 2. The SMILES string of the molecule is Cc1cc(N)c(NC(=O)O)cc1Cl. The first kappa shape index (κ1) is 9.67. The lowest BCUT2D eigenvalue weighted by Gasteiger charge is -2.07. The molecular formula is C8H9ClN2O2. The smallest absolute Gasteiger partial charge is 0.409 e. The van der Waals surface area contributed by atoms with Gasteiger partial charge in [0.05, 0.1) is 11.4 Å². The van der Waals surface area contributed by atoms with Gasteiger partial charge in [0, 0.05) is 5.02 Å². The number of carbonyl (C=O) groups is 1. The van der Waals surface area contributed by atoms with Crippen LogP contribution < -0.4 is 11.1 Å². The first-order valence-electron chi connectivity index (χ1n) is 3.56. The normalized spacial score (nSPS) is 9.69. The zero-order valence-electron chi connectivity index (χ0n) is 6.97. The van der Waals surface area contributed by atoms with Crippen molar-refractivity contribution in [3.05, 3.63) is 22.7 Å². The van der Waals surface area contributed by atoms with Crippen molar-refractivity contribution in [2.45, 2.75) is 6.92 Å². The summed E-state index contributed by atoms with van der Waals surface area (Å²) >= 11 is 5.78. The van der Waals surface area contributed by atoms with E-state index in [0.29, 0.717) is 16.4 Å². The van der Waals surface area contributed by atoms with Crippen LogP contribution in [0.5, 0.6) is 0 Å². The lowest BCUT2D eigenvalue weighted by molar-refractivity contribution is 0.210. The van der Waals surface area contributed by atoms with Crippen LogP contribution in [-0.4, -0.2) is 11.2 Å². The van der Waals surface area contributed by atoms with Crippen LogP contribution in [0.2, 0.25) is 5.02 Å². The molecule has 70 valence electrons. The largest absolute Gasteiger partial charge is 0.465 e. The molecule has 0 aliphatic rings. The molecule has 4 nitrogen and oxygen atoms in total. The number of hydrogen-bond acceptors (Lipinski definition) is 2. The Morgan fingerprint density at radius 1 is 1.62 bits per heavy atom. The molecule has 1 aromatic rings. The van der Waals surface area contributed by atoms with E-state index < -0.39 is 6.09 Å². The van der Waals surface area contributed by atoms with Crippen molar-refractivity contribution in [2.24, 2.45) is 0 Å². The van der Waals surface area contributed by atoms with E-state index in [1.54, 1.807) is 13.0 Å². The molecule has 0 unspecified atom stereocenters. The number of nitrogen functional groups attached to an aromatic ring is 1. The lowest BCUT2D eigenvalue weighted by atomic mass is 10.2. The summed E-state index contributed by atoms with van der Waals surface area (Å²) in [5, 5.41) is 11.1. The van der Waals surface area contributed by atoms with Crippen molar-refractivity contribution < 1.29 is 9.90 Å². The standard InChI is InChI=1S/C8H9ClN2O2/c1-4-2-6(10)7(3-5(4)9)11-8(12)13/h2-3,11H,10H2,1H3,(H,12,13). The maximum atomic E-state index is 10.3. The van der Waals surface area contributed by atoms with E-state index in [9.17, 15) is 4.79 Å². The molecule has 0 atom stereocenters. The molecule has 0 heterocycles. The number of halogens is 1. The molecule has 1 rings (SSSR count). The van der Waals surface area contributed by atoms with Gasteiger partial charge in [0.1, 0.15) is 0 Å². The number of nitrogens with one attached hydrogen (secondary N) is 1. The molecule has 0 radical (unpaired) electrons. The Bertz CT molecular complexity index is 352. The lowest BCUT2D eigenvalue weighted by Crippen LogP contribution is -2.09. The molecule has 1 aromatic carbocycles. The topological polar surface area (TPSA) is 75.3 Å². The van der Waals surface area contributed by atoms with Gasteiger partial charge in [-0.1, -0.05) is 11.6 Å². The molecule has 4 N–H and O–H groups in total. The maximum absolute atomic E-state index is 10.3. The number of nitrogens with two attached hydrogens (primary N) is 1. The second kappa shape index (κ2) is 3.53. The van der Waals surface area contributed by atoms with Crippen LogP contribution in [0.4, 0.5) is 16.2 Å². The minimum atomic E-state index is -1.16. The van der Waals surface area contributed by atoms with E-state index in [-0.39, 0.29) is 0 Å². The number of hydrogen-bond donors (Lipinski definition) is 3. The second-order valence-electron chi connectivity index (χ2n) is 2.62. The molecule has 0 spiro atoms. The summed E-state index contributed by atoms with van der Waals surface area (Å²) in [6.45, 7) is 1.79. The fourth-order valence-electron chi connectivity index (χ4n) is 0.927. The molecular weight excluding hydrogens is 192 g/mol. The van der Waals surface area contributed by atoms with E-state index in [1.807, 2.05) is 0 Å².